The fourth-order valence-corrected chi connectivity index (χ4v) is 3.36. The summed E-state index contributed by atoms with van der Waals surface area (Å²) < 4.78 is 5.09. The highest BCUT2D eigenvalue weighted by Crippen LogP contribution is 2.27. The van der Waals surface area contributed by atoms with Crippen molar-refractivity contribution in [3.63, 3.8) is 0 Å². The molecule has 1 aliphatic carbocycles. The number of carbonyl (C=O) groups is 2. The van der Waals surface area contributed by atoms with Crippen LogP contribution >= 0.6 is 12.2 Å². The van der Waals surface area contributed by atoms with Gasteiger partial charge in [0.1, 0.15) is 0 Å². The lowest BCUT2D eigenvalue weighted by atomic mass is 9.86. The van der Waals surface area contributed by atoms with Crippen molar-refractivity contribution in [3.05, 3.63) is 29.8 Å². The molecule has 0 spiro atoms. The van der Waals surface area contributed by atoms with Gasteiger partial charge in [-0.05, 0) is 55.2 Å². The Kier molecular flexibility index (Phi) is 8.54. The number of hydrogen-bond donors (Lipinski definition) is 2. The number of amides is 1. The molecule has 26 heavy (non-hydrogen) atoms. The molecular weight excluding hydrogens is 348 g/mol. The molecule has 0 saturated heterocycles. The van der Waals surface area contributed by atoms with Crippen molar-refractivity contribution in [2.45, 2.75) is 58.3 Å². The molecule has 1 aromatic rings. The van der Waals surface area contributed by atoms with Crippen molar-refractivity contribution in [1.29, 1.82) is 0 Å². The summed E-state index contributed by atoms with van der Waals surface area (Å²) in [5.74, 6) is 0.292. The standard InChI is InChI=1S/C20H28N2O3S/c1-2-14-25-19(24)16-9-11-17(12-10-16)21-20(26)22-18(23)13-8-15-6-4-3-5-7-15/h9-12,15H,2-8,13-14H2,1H3,(H2,21,22,23,26). The first kappa shape index (κ1) is 20.4. The van der Waals surface area contributed by atoms with Gasteiger partial charge >= 0.3 is 5.97 Å². The highest BCUT2D eigenvalue weighted by atomic mass is 32.1. The number of thiocarbonyl (C=S) groups is 1. The van der Waals surface area contributed by atoms with E-state index in [1.54, 1.807) is 24.3 Å². The zero-order valence-corrected chi connectivity index (χ0v) is 16.2. The van der Waals surface area contributed by atoms with E-state index in [9.17, 15) is 9.59 Å². The van der Waals surface area contributed by atoms with E-state index < -0.39 is 0 Å². The summed E-state index contributed by atoms with van der Waals surface area (Å²) in [5, 5.41) is 5.97. The first-order valence-electron chi connectivity index (χ1n) is 9.46. The normalized spacial score (nSPS) is 14.5. The van der Waals surface area contributed by atoms with Crippen LogP contribution in [0.15, 0.2) is 24.3 Å². The van der Waals surface area contributed by atoms with Crippen LogP contribution in [0, 0.1) is 5.92 Å². The van der Waals surface area contributed by atoms with Gasteiger partial charge in [-0.1, -0.05) is 39.0 Å². The van der Waals surface area contributed by atoms with E-state index >= 15 is 0 Å². The van der Waals surface area contributed by atoms with E-state index in [0.29, 0.717) is 24.5 Å². The Bertz CT molecular complexity index is 610. The Balaban J connectivity index is 1.72. The van der Waals surface area contributed by atoms with Crippen molar-refractivity contribution < 1.29 is 14.3 Å². The molecule has 1 amide bonds. The van der Waals surface area contributed by atoms with Crippen LogP contribution in [0.1, 0.15) is 68.6 Å². The van der Waals surface area contributed by atoms with Crippen LogP contribution in [0.5, 0.6) is 0 Å². The summed E-state index contributed by atoms with van der Waals surface area (Å²) in [5.41, 5.74) is 1.21. The zero-order valence-electron chi connectivity index (χ0n) is 15.4. The summed E-state index contributed by atoms with van der Waals surface area (Å²) in [6.45, 7) is 2.36. The maximum Gasteiger partial charge on any atom is 0.338 e. The lowest BCUT2D eigenvalue weighted by molar-refractivity contribution is -0.120. The molecule has 1 fully saturated rings. The van der Waals surface area contributed by atoms with Gasteiger partial charge in [0.15, 0.2) is 5.11 Å². The number of hydrogen-bond acceptors (Lipinski definition) is 4. The molecule has 0 radical (unpaired) electrons. The van der Waals surface area contributed by atoms with Gasteiger partial charge in [0.05, 0.1) is 12.2 Å². The van der Waals surface area contributed by atoms with E-state index in [4.69, 9.17) is 17.0 Å². The Morgan fingerprint density at radius 3 is 2.50 bits per heavy atom. The Hall–Kier alpha value is -1.95. The molecule has 0 heterocycles. The molecular formula is C20H28N2O3S. The maximum absolute atomic E-state index is 12.0. The highest BCUT2D eigenvalue weighted by molar-refractivity contribution is 7.80. The first-order chi connectivity index (χ1) is 12.6. The fraction of sp³-hybridized carbons (Fsp3) is 0.550. The van der Waals surface area contributed by atoms with E-state index in [1.165, 1.54) is 32.1 Å². The van der Waals surface area contributed by atoms with Gasteiger partial charge in [0.2, 0.25) is 5.91 Å². The van der Waals surface area contributed by atoms with E-state index in [2.05, 4.69) is 10.6 Å². The molecule has 1 saturated carbocycles. The number of benzene rings is 1. The van der Waals surface area contributed by atoms with Crippen LogP contribution in [0.25, 0.3) is 0 Å². The molecule has 0 atom stereocenters. The molecule has 6 heteroatoms. The first-order valence-corrected chi connectivity index (χ1v) is 9.87. The molecule has 1 aliphatic rings. The average molecular weight is 377 g/mol. The average Bonchev–Trinajstić information content (AvgIpc) is 2.65. The molecule has 0 aromatic heterocycles. The summed E-state index contributed by atoms with van der Waals surface area (Å²) in [6, 6.07) is 6.83. The van der Waals surface area contributed by atoms with Gasteiger partial charge in [-0.25, -0.2) is 4.79 Å². The quantitative estimate of drug-likeness (QED) is 0.544. The van der Waals surface area contributed by atoms with Gasteiger partial charge in [-0.3, -0.25) is 4.79 Å². The fourth-order valence-electron chi connectivity index (χ4n) is 3.13. The summed E-state index contributed by atoms with van der Waals surface area (Å²) in [4.78, 5) is 23.8. The van der Waals surface area contributed by atoms with E-state index in [0.717, 1.165) is 18.5 Å². The number of nitrogens with one attached hydrogen (secondary N) is 2. The molecule has 2 N–H and O–H groups in total. The predicted octanol–water partition coefficient (Wildman–Crippen LogP) is 4.43. The molecule has 1 aromatic carbocycles. The topological polar surface area (TPSA) is 67.4 Å². The Morgan fingerprint density at radius 2 is 1.85 bits per heavy atom. The van der Waals surface area contributed by atoms with Crippen molar-refractivity contribution in [2.75, 3.05) is 11.9 Å². The Morgan fingerprint density at radius 1 is 1.15 bits per heavy atom. The van der Waals surface area contributed by atoms with Crippen LogP contribution in [-0.4, -0.2) is 23.6 Å². The van der Waals surface area contributed by atoms with Crippen molar-refractivity contribution >= 4 is 34.9 Å². The molecule has 0 aliphatic heterocycles. The molecule has 2 rings (SSSR count). The minimum atomic E-state index is -0.336. The summed E-state index contributed by atoms with van der Waals surface area (Å²) in [7, 11) is 0. The number of ether oxygens (including phenoxy) is 1. The highest BCUT2D eigenvalue weighted by Gasteiger charge is 2.15. The van der Waals surface area contributed by atoms with Crippen LogP contribution < -0.4 is 10.6 Å². The van der Waals surface area contributed by atoms with Crippen LogP contribution in [0.3, 0.4) is 0 Å². The van der Waals surface area contributed by atoms with Crippen molar-refractivity contribution in [1.82, 2.24) is 5.32 Å². The third kappa shape index (κ3) is 7.12. The minimum Gasteiger partial charge on any atom is -0.462 e. The monoisotopic (exact) mass is 376 g/mol. The molecule has 5 nitrogen and oxygen atoms in total. The third-order valence-electron chi connectivity index (χ3n) is 4.57. The van der Waals surface area contributed by atoms with Crippen LogP contribution in [0.4, 0.5) is 5.69 Å². The summed E-state index contributed by atoms with van der Waals surface area (Å²) in [6.07, 6.45) is 8.61. The second-order valence-corrected chi connectivity index (χ2v) is 7.17. The second-order valence-electron chi connectivity index (χ2n) is 6.76. The lowest BCUT2D eigenvalue weighted by Gasteiger charge is -2.21. The maximum atomic E-state index is 12.0. The number of carbonyl (C=O) groups excluding carboxylic acids is 2. The van der Waals surface area contributed by atoms with Crippen LogP contribution in [-0.2, 0) is 9.53 Å². The number of rotatable bonds is 7. The zero-order chi connectivity index (χ0) is 18.8. The van der Waals surface area contributed by atoms with Crippen LogP contribution in [0.2, 0.25) is 0 Å². The minimum absolute atomic E-state index is 0.0483. The van der Waals surface area contributed by atoms with Gasteiger partial charge < -0.3 is 15.4 Å². The Labute approximate surface area is 160 Å². The third-order valence-corrected chi connectivity index (χ3v) is 4.78. The number of esters is 1. The second kappa shape index (κ2) is 10.9. The molecule has 142 valence electrons. The van der Waals surface area contributed by atoms with Crippen molar-refractivity contribution in [3.8, 4) is 0 Å². The number of anilines is 1. The van der Waals surface area contributed by atoms with Gasteiger partial charge in [-0.15, -0.1) is 0 Å². The van der Waals surface area contributed by atoms with Gasteiger partial charge in [-0.2, -0.15) is 0 Å². The molecule has 0 bridgehead atoms. The van der Waals surface area contributed by atoms with E-state index in [1.807, 2.05) is 6.92 Å². The van der Waals surface area contributed by atoms with Gasteiger partial charge in [0.25, 0.3) is 0 Å². The lowest BCUT2D eigenvalue weighted by Crippen LogP contribution is -2.34. The smallest absolute Gasteiger partial charge is 0.338 e. The predicted molar refractivity (Wildman–Crippen MR) is 107 cm³/mol. The SMILES string of the molecule is CCCOC(=O)c1ccc(NC(=S)NC(=O)CCC2CCCCC2)cc1. The van der Waals surface area contributed by atoms with Gasteiger partial charge in [0, 0.05) is 12.1 Å². The largest absolute Gasteiger partial charge is 0.462 e. The molecule has 0 unspecified atom stereocenters. The summed E-state index contributed by atoms with van der Waals surface area (Å²) >= 11 is 5.19. The van der Waals surface area contributed by atoms with Crippen molar-refractivity contribution in [2.24, 2.45) is 5.92 Å². The van der Waals surface area contributed by atoms with E-state index in [-0.39, 0.29) is 17.0 Å².